The summed E-state index contributed by atoms with van der Waals surface area (Å²) in [5, 5.41) is 8.27. The summed E-state index contributed by atoms with van der Waals surface area (Å²) in [7, 11) is 0. The molecule has 0 heterocycles. The Labute approximate surface area is 169 Å². The highest BCUT2D eigenvalue weighted by atomic mass is 16.5. The lowest BCUT2D eigenvalue weighted by Crippen LogP contribution is -2.17. The second-order valence-corrected chi connectivity index (χ2v) is 7.49. The number of anilines is 3. The van der Waals surface area contributed by atoms with Crippen LogP contribution in [0.2, 0.25) is 0 Å². The van der Waals surface area contributed by atoms with Crippen LogP contribution in [-0.2, 0) is 9.53 Å². The highest BCUT2D eigenvalue weighted by Gasteiger charge is 2.29. The molecule has 0 unspecified atom stereocenters. The van der Waals surface area contributed by atoms with E-state index in [-0.39, 0.29) is 23.7 Å². The zero-order valence-corrected chi connectivity index (χ0v) is 16.5. The standard InChI is InChI=1S/C22H25N3O4/c1-14(2)13-29-22(28)25-19-5-3-4-18(12-19)24-21(27)16-8-10-17(11-9-16)23-20(26)15-6-7-15/h3-5,8-12,14-15H,6-7,13H2,1-2H3,(H,23,26)(H,24,27)(H,25,28). The van der Waals surface area contributed by atoms with Gasteiger partial charge in [0, 0.05) is 28.5 Å². The Morgan fingerprint density at radius 1 is 0.931 bits per heavy atom. The molecule has 2 aromatic rings. The first-order chi connectivity index (χ1) is 13.9. The van der Waals surface area contributed by atoms with E-state index in [1.54, 1.807) is 48.5 Å². The molecule has 0 aromatic heterocycles. The van der Waals surface area contributed by atoms with E-state index in [1.165, 1.54) is 0 Å². The second kappa shape index (κ2) is 9.23. The van der Waals surface area contributed by atoms with Crippen molar-refractivity contribution in [3.05, 3.63) is 54.1 Å². The number of hydrogen-bond donors (Lipinski definition) is 3. The first-order valence-corrected chi connectivity index (χ1v) is 9.67. The largest absolute Gasteiger partial charge is 0.449 e. The van der Waals surface area contributed by atoms with Crippen LogP contribution in [0.3, 0.4) is 0 Å². The van der Waals surface area contributed by atoms with Crippen LogP contribution in [0.4, 0.5) is 21.9 Å². The third-order valence-corrected chi connectivity index (χ3v) is 4.28. The summed E-state index contributed by atoms with van der Waals surface area (Å²) in [5.74, 6) is 0.115. The number of amides is 3. The zero-order valence-electron chi connectivity index (χ0n) is 16.5. The van der Waals surface area contributed by atoms with Gasteiger partial charge in [-0.15, -0.1) is 0 Å². The molecule has 1 fully saturated rings. The monoisotopic (exact) mass is 395 g/mol. The fourth-order valence-electron chi connectivity index (χ4n) is 2.57. The van der Waals surface area contributed by atoms with Crippen molar-refractivity contribution in [1.82, 2.24) is 0 Å². The van der Waals surface area contributed by atoms with E-state index in [1.807, 2.05) is 13.8 Å². The molecule has 7 nitrogen and oxygen atoms in total. The average Bonchev–Trinajstić information content (AvgIpc) is 3.52. The smallest absolute Gasteiger partial charge is 0.411 e. The van der Waals surface area contributed by atoms with E-state index >= 15 is 0 Å². The fourth-order valence-corrected chi connectivity index (χ4v) is 2.57. The average molecular weight is 395 g/mol. The van der Waals surface area contributed by atoms with E-state index < -0.39 is 6.09 Å². The van der Waals surface area contributed by atoms with Crippen molar-refractivity contribution in [2.75, 3.05) is 22.6 Å². The van der Waals surface area contributed by atoms with E-state index in [0.717, 1.165) is 12.8 Å². The van der Waals surface area contributed by atoms with Crippen LogP contribution in [0, 0.1) is 11.8 Å². The number of ether oxygens (including phenoxy) is 1. The van der Waals surface area contributed by atoms with Crippen molar-refractivity contribution in [2.45, 2.75) is 26.7 Å². The van der Waals surface area contributed by atoms with Gasteiger partial charge in [-0.1, -0.05) is 19.9 Å². The van der Waals surface area contributed by atoms with Crippen LogP contribution in [0.25, 0.3) is 0 Å². The molecule has 7 heteroatoms. The van der Waals surface area contributed by atoms with Crippen LogP contribution in [0.5, 0.6) is 0 Å². The molecule has 1 saturated carbocycles. The highest BCUT2D eigenvalue weighted by Crippen LogP contribution is 2.30. The lowest BCUT2D eigenvalue weighted by molar-refractivity contribution is -0.117. The first-order valence-electron chi connectivity index (χ1n) is 9.67. The summed E-state index contributed by atoms with van der Waals surface area (Å²) in [6, 6.07) is 13.5. The number of rotatable bonds is 7. The van der Waals surface area contributed by atoms with Gasteiger partial charge in [-0.25, -0.2) is 4.79 Å². The van der Waals surface area contributed by atoms with Crippen molar-refractivity contribution in [1.29, 1.82) is 0 Å². The number of carbonyl (C=O) groups excluding carboxylic acids is 3. The summed E-state index contributed by atoms with van der Waals surface area (Å²) in [6.07, 6.45) is 1.34. The molecule has 0 bridgehead atoms. The quantitative estimate of drug-likeness (QED) is 0.643. The molecule has 0 aliphatic heterocycles. The summed E-state index contributed by atoms with van der Waals surface area (Å²) in [4.78, 5) is 36.0. The molecule has 0 spiro atoms. The third kappa shape index (κ3) is 6.34. The van der Waals surface area contributed by atoms with Gasteiger partial charge in [-0.2, -0.15) is 0 Å². The molecule has 0 radical (unpaired) electrons. The number of hydrogen-bond acceptors (Lipinski definition) is 4. The van der Waals surface area contributed by atoms with Crippen LogP contribution in [0.15, 0.2) is 48.5 Å². The minimum atomic E-state index is -0.536. The number of nitrogens with one attached hydrogen (secondary N) is 3. The van der Waals surface area contributed by atoms with Gasteiger partial charge in [0.1, 0.15) is 0 Å². The Morgan fingerprint density at radius 3 is 2.21 bits per heavy atom. The Kier molecular flexibility index (Phi) is 6.49. The van der Waals surface area contributed by atoms with Gasteiger partial charge in [0.05, 0.1) is 6.61 Å². The zero-order chi connectivity index (χ0) is 20.8. The lowest BCUT2D eigenvalue weighted by atomic mass is 10.2. The van der Waals surface area contributed by atoms with Gasteiger partial charge in [0.25, 0.3) is 5.91 Å². The molecule has 1 aliphatic rings. The van der Waals surface area contributed by atoms with Crippen LogP contribution in [-0.4, -0.2) is 24.5 Å². The van der Waals surface area contributed by atoms with Crippen molar-refractivity contribution in [2.24, 2.45) is 11.8 Å². The minimum Gasteiger partial charge on any atom is -0.449 e. The second-order valence-electron chi connectivity index (χ2n) is 7.49. The van der Waals surface area contributed by atoms with E-state index in [2.05, 4.69) is 16.0 Å². The van der Waals surface area contributed by atoms with Crippen molar-refractivity contribution in [3.63, 3.8) is 0 Å². The summed E-state index contributed by atoms with van der Waals surface area (Å²) < 4.78 is 5.09. The SMILES string of the molecule is CC(C)COC(=O)Nc1cccc(NC(=O)c2ccc(NC(=O)C3CC3)cc2)c1. The molecule has 3 amide bonds. The van der Waals surface area contributed by atoms with Crippen molar-refractivity contribution in [3.8, 4) is 0 Å². The van der Waals surface area contributed by atoms with E-state index in [9.17, 15) is 14.4 Å². The van der Waals surface area contributed by atoms with Gasteiger partial charge < -0.3 is 15.4 Å². The first kappa shape index (κ1) is 20.4. The van der Waals surface area contributed by atoms with Gasteiger partial charge >= 0.3 is 6.09 Å². The Morgan fingerprint density at radius 2 is 1.59 bits per heavy atom. The molecule has 0 saturated heterocycles. The highest BCUT2D eigenvalue weighted by molar-refractivity contribution is 6.05. The summed E-state index contributed by atoms with van der Waals surface area (Å²) in [6.45, 7) is 4.24. The van der Waals surface area contributed by atoms with Gasteiger partial charge in [-0.05, 0) is 61.2 Å². The molecule has 29 heavy (non-hydrogen) atoms. The van der Waals surface area contributed by atoms with Crippen LogP contribution in [0.1, 0.15) is 37.0 Å². The predicted molar refractivity (Wildman–Crippen MR) is 112 cm³/mol. The Bertz CT molecular complexity index is 889. The molecule has 3 rings (SSSR count). The number of benzene rings is 2. The van der Waals surface area contributed by atoms with Crippen LogP contribution < -0.4 is 16.0 Å². The lowest BCUT2D eigenvalue weighted by Gasteiger charge is -2.11. The molecular formula is C22H25N3O4. The predicted octanol–water partition coefficient (Wildman–Crippen LogP) is 4.49. The van der Waals surface area contributed by atoms with E-state index in [0.29, 0.717) is 29.2 Å². The summed E-state index contributed by atoms with van der Waals surface area (Å²) >= 11 is 0. The topological polar surface area (TPSA) is 96.5 Å². The molecule has 3 N–H and O–H groups in total. The van der Waals surface area contributed by atoms with Gasteiger partial charge in [0.15, 0.2) is 0 Å². The molecule has 1 aliphatic carbocycles. The molecule has 2 aromatic carbocycles. The molecular weight excluding hydrogens is 370 g/mol. The molecule has 152 valence electrons. The Hall–Kier alpha value is -3.35. The van der Waals surface area contributed by atoms with Crippen molar-refractivity contribution < 1.29 is 19.1 Å². The maximum Gasteiger partial charge on any atom is 0.411 e. The summed E-state index contributed by atoms with van der Waals surface area (Å²) in [5.41, 5.74) is 2.20. The fraction of sp³-hybridized carbons (Fsp3) is 0.318. The van der Waals surface area contributed by atoms with Gasteiger partial charge in [-0.3, -0.25) is 14.9 Å². The normalized spacial score (nSPS) is 12.9. The van der Waals surface area contributed by atoms with E-state index in [4.69, 9.17) is 4.74 Å². The number of carbonyl (C=O) groups is 3. The third-order valence-electron chi connectivity index (χ3n) is 4.28. The maximum absolute atomic E-state index is 12.5. The van der Waals surface area contributed by atoms with Crippen LogP contribution >= 0.6 is 0 Å². The minimum absolute atomic E-state index is 0.0263. The molecule has 0 atom stereocenters. The Balaban J connectivity index is 1.55. The van der Waals surface area contributed by atoms with Gasteiger partial charge in [0.2, 0.25) is 5.91 Å². The van der Waals surface area contributed by atoms with Crippen molar-refractivity contribution >= 4 is 35.0 Å². The maximum atomic E-state index is 12.5.